The zero-order valence-electron chi connectivity index (χ0n) is 10.8. The molecule has 1 heterocycles. The van der Waals surface area contributed by atoms with E-state index >= 15 is 0 Å². The van der Waals surface area contributed by atoms with Crippen LogP contribution in [0.4, 0.5) is 4.79 Å². The smallest absolute Gasteiger partial charge is 0.326 e. The van der Waals surface area contributed by atoms with Crippen LogP contribution in [-0.2, 0) is 11.2 Å². The molecule has 1 rings (SSSR count). The molecule has 0 aliphatic heterocycles. The lowest BCUT2D eigenvalue weighted by Crippen LogP contribution is -2.49. The number of nitrogens with one attached hydrogen (secondary N) is 2. The Morgan fingerprint density at radius 3 is 2.74 bits per heavy atom. The fourth-order valence-corrected chi connectivity index (χ4v) is 1.55. The van der Waals surface area contributed by atoms with Crippen LogP contribution >= 0.6 is 0 Å². The maximum Gasteiger partial charge on any atom is 0.326 e. The molecule has 8 nitrogen and oxygen atoms in total. The van der Waals surface area contributed by atoms with Crippen molar-refractivity contribution in [3.05, 3.63) is 18.2 Å². The van der Waals surface area contributed by atoms with Gasteiger partial charge in [-0.25, -0.2) is 14.6 Å². The van der Waals surface area contributed by atoms with Crippen molar-refractivity contribution in [1.29, 1.82) is 0 Å². The van der Waals surface area contributed by atoms with Crippen molar-refractivity contribution in [2.75, 3.05) is 13.6 Å². The lowest BCUT2D eigenvalue weighted by molar-refractivity contribution is -0.139. The first-order valence-corrected chi connectivity index (χ1v) is 5.80. The zero-order chi connectivity index (χ0) is 14.4. The predicted molar refractivity (Wildman–Crippen MR) is 66.6 cm³/mol. The van der Waals surface area contributed by atoms with Gasteiger partial charge in [-0.3, -0.25) is 0 Å². The second-order valence-electron chi connectivity index (χ2n) is 4.35. The SMILES string of the molecule is CC(O)CN(C)C(=O)N[C@H](Cc1cnc[nH]1)C(=O)O. The molecular weight excluding hydrogens is 252 g/mol. The van der Waals surface area contributed by atoms with E-state index in [1.807, 2.05) is 0 Å². The van der Waals surface area contributed by atoms with Gasteiger partial charge in [0.2, 0.25) is 0 Å². The highest BCUT2D eigenvalue weighted by Crippen LogP contribution is 2.00. The molecular formula is C11H18N4O4. The molecule has 1 aromatic heterocycles. The standard InChI is InChI=1S/C11H18N4O4/c1-7(16)5-15(2)11(19)14-9(10(17)18)3-8-4-12-6-13-8/h4,6-7,9,16H,3,5H2,1-2H3,(H,12,13)(H,14,19)(H,17,18)/t7?,9-/m1/s1. The van der Waals surface area contributed by atoms with Crippen LogP contribution in [0.2, 0.25) is 0 Å². The summed E-state index contributed by atoms with van der Waals surface area (Å²) in [5, 5.41) is 20.6. The minimum atomic E-state index is -1.13. The van der Waals surface area contributed by atoms with Gasteiger partial charge >= 0.3 is 12.0 Å². The number of carboxylic acid groups (broad SMARTS) is 1. The quantitative estimate of drug-likeness (QED) is 0.552. The summed E-state index contributed by atoms with van der Waals surface area (Å²) in [6.45, 7) is 1.67. The molecule has 0 fully saturated rings. The van der Waals surface area contributed by atoms with Gasteiger partial charge in [0.05, 0.1) is 12.4 Å². The van der Waals surface area contributed by atoms with Crippen molar-refractivity contribution in [3.8, 4) is 0 Å². The summed E-state index contributed by atoms with van der Waals surface area (Å²) in [5.74, 6) is -1.13. The average molecular weight is 270 g/mol. The first kappa shape index (κ1) is 15.0. The Morgan fingerprint density at radius 2 is 2.26 bits per heavy atom. The molecule has 0 radical (unpaired) electrons. The van der Waals surface area contributed by atoms with Crippen LogP contribution in [0, 0.1) is 0 Å². The Bertz CT molecular complexity index is 418. The molecule has 8 heteroatoms. The fourth-order valence-electron chi connectivity index (χ4n) is 1.55. The number of aliphatic hydroxyl groups excluding tert-OH is 1. The highest BCUT2D eigenvalue weighted by Gasteiger charge is 2.23. The summed E-state index contributed by atoms with van der Waals surface area (Å²) in [4.78, 5) is 30.6. The number of hydrogen-bond donors (Lipinski definition) is 4. The Balaban J connectivity index is 2.58. The summed E-state index contributed by atoms with van der Waals surface area (Å²) in [6, 6.07) is -1.60. The van der Waals surface area contributed by atoms with Gasteiger partial charge in [0, 0.05) is 31.9 Å². The number of carbonyl (C=O) groups excluding carboxylic acids is 1. The molecule has 19 heavy (non-hydrogen) atoms. The van der Waals surface area contributed by atoms with Gasteiger partial charge in [0.15, 0.2) is 0 Å². The van der Waals surface area contributed by atoms with Gasteiger partial charge in [-0.05, 0) is 6.92 Å². The van der Waals surface area contributed by atoms with E-state index in [0.717, 1.165) is 0 Å². The highest BCUT2D eigenvalue weighted by molar-refractivity contribution is 5.82. The van der Waals surface area contributed by atoms with Crippen molar-refractivity contribution in [2.45, 2.75) is 25.5 Å². The number of aromatic nitrogens is 2. The molecule has 0 bridgehead atoms. The van der Waals surface area contributed by atoms with E-state index in [9.17, 15) is 14.7 Å². The Morgan fingerprint density at radius 1 is 1.58 bits per heavy atom. The third kappa shape index (κ3) is 4.96. The van der Waals surface area contributed by atoms with Gasteiger partial charge in [-0.15, -0.1) is 0 Å². The molecule has 0 saturated carbocycles. The topological polar surface area (TPSA) is 119 Å². The number of urea groups is 1. The van der Waals surface area contributed by atoms with Crippen molar-refractivity contribution < 1.29 is 19.8 Å². The van der Waals surface area contributed by atoms with E-state index < -0.39 is 24.1 Å². The van der Waals surface area contributed by atoms with E-state index in [1.165, 1.54) is 24.5 Å². The first-order chi connectivity index (χ1) is 8.90. The summed E-state index contributed by atoms with van der Waals surface area (Å²) < 4.78 is 0. The monoisotopic (exact) mass is 270 g/mol. The van der Waals surface area contributed by atoms with Gasteiger partial charge < -0.3 is 25.4 Å². The highest BCUT2D eigenvalue weighted by atomic mass is 16.4. The van der Waals surface area contributed by atoms with Crippen LogP contribution in [0.15, 0.2) is 12.5 Å². The largest absolute Gasteiger partial charge is 0.480 e. The number of imidazole rings is 1. The number of H-pyrrole nitrogens is 1. The lowest BCUT2D eigenvalue weighted by atomic mass is 10.1. The first-order valence-electron chi connectivity index (χ1n) is 5.80. The number of carbonyl (C=O) groups is 2. The maximum absolute atomic E-state index is 11.7. The van der Waals surface area contributed by atoms with Crippen LogP contribution in [0.3, 0.4) is 0 Å². The number of carboxylic acids is 1. The minimum absolute atomic E-state index is 0.115. The number of aliphatic hydroxyl groups is 1. The normalized spacial score (nSPS) is 13.6. The number of likely N-dealkylation sites (N-methyl/N-ethyl adjacent to an activating group) is 1. The maximum atomic E-state index is 11.7. The molecule has 0 spiro atoms. The summed E-state index contributed by atoms with van der Waals surface area (Å²) in [6.07, 6.45) is 2.38. The number of hydrogen-bond acceptors (Lipinski definition) is 4. The molecule has 0 aromatic carbocycles. The molecule has 2 atom stereocenters. The number of rotatable bonds is 6. The van der Waals surface area contributed by atoms with Gasteiger partial charge in [-0.1, -0.05) is 0 Å². The molecule has 1 unspecified atom stereocenters. The van der Waals surface area contributed by atoms with Crippen LogP contribution in [0.1, 0.15) is 12.6 Å². The molecule has 1 aromatic rings. The number of aliphatic carboxylic acids is 1. The van der Waals surface area contributed by atoms with Gasteiger partial charge in [0.1, 0.15) is 6.04 Å². The molecule has 2 amide bonds. The zero-order valence-corrected chi connectivity index (χ0v) is 10.8. The predicted octanol–water partition coefficient (Wildman–Crippen LogP) is -0.572. The third-order valence-electron chi connectivity index (χ3n) is 2.46. The number of amides is 2. The Kier molecular flexibility index (Phi) is 5.31. The summed E-state index contributed by atoms with van der Waals surface area (Å²) in [7, 11) is 1.48. The lowest BCUT2D eigenvalue weighted by Gasteiger charge is -2.22. The molecule has 0 aliphatic rings. The van der Waals surface area contributed by atoms with E-state index in [0.29, 0.717) is 5.69 Å². The van der Waals surface area contributed by atoms with Crippen molar-refractivity contribution >= 4 is 12.0 Å². The molecule has 4 N–H and O–H groups in total. The molecule has 0 aliphatic carbocycles. The van der Waals surface area contributed by atoms with Crippen LogP contribution in [-0.4, -0.2) is 62.8 Å². The summed E-state index contributed by atoms with van der Waals surface area (Å²) in [5.41, 5.74) is 0.617. The third-order valence-corrected chi connectivity index (χ3v) is 2.46. The van der Waals surface area contributed by atoms with E-state index in [1.54, 1.807) is 6.92 Å². The van der Waals surface area contributed by atoms with Crippen molar-refractivity contribution in [3.63, 3.8) is 0 Å². The summed E-state index contributed by atoms with van der Waals surface area (Å²) >= 11 is 0. The van der Waals surface area contributed by atoms with Gasteiger partial charge in [0.25, 0.3) is 0 Å². The van der Waals surface area contributed by atoms with Crippen molar-refractivity contribution in [1.82, 2.24) is 20.2 Å². The van der Waals surface area contributed by atoms with E-state index in [2.05, 4.69) is 15.3 Å². The Labute approximate surface area is 110 Å². The average Bonchev–Trinajstić information content (AvgIpc) is 2.79. The molecule has 106 valence electrons. The fraction of sp³-hybridized carbons (Fsp3) is 0.545. The van der Waals surface area contributed by atoms with E-state index in [-0.39, 0.29) is 13.0 Å². The van der Waals surface area contributed by atoms with Crippen molar-refractivity contribution in [2.24, 2.45) is 0 Å². The van der Waals surface area contributed by atoms with Crippen LogP contribution in [0.25, 0.3) is 0 Å². The van der Waals surface area contributed by atoms with E-state index in [4.69, 9.17) is 5.11 Å². The van der Waals surface area contributed by atoms with Crippen LogP contribution < -0.4 is 5.32 Å². The van der Waals surface area contributed by atoms with Gasteiger partial charge in [-0.2, -0.15) is 0 Å². The molecule has 0 saturated heterocycles. The van der Waals surface area contributed by atoms with Crippen LogP contribution in [0.5, 0.6) is 0 Å². The Hall–Kier alpha value is -2.09. The number of nitrogens with zero attached hydrogens (tertiary/aromatic N) is 2. The second-order valence-corrected chi connectivity index (χ2v) is 4.35. The minimum Gasteiger partial charge on any atom is -0.480 e. The second kappa shape index (κ2) is 6.74. The number of aromatic amines is 1.